The zero-order chi connectivity index (χ0) is 25.9. The molecule has 1 N–H and O–H groups in total. The third kappa shape index (κ3) is 7.93. The maximum Gasteiger partial charge on any atom is 0.331 e. The first-order valence-electron chi connectivity index (χ1n) is 11.5. The van der Waals surface area contributed by atoms with E-state index >= 15 is 0 Å². The lowest BCUT2D eigenvalue weighted by Gasteiger charge is -2.32. The number of benzene rings is 1. The molecule has 0 radical (unpaired) electrons. The molecule has 0 saturated carbocycles. The van der Waals surface area contributed by atoms with E-state index in [0.717, 1.165) is 19.3 Å². The molecule has 0 bridgehead atoms. The van der Waals surface area contributed by atoms with Gasteiger partial charge in [-0.05, 0) is 79.5 Å². The SMILES string of the molecule is CC(OC(C)(C)C)C(NC(=O)c1ccc(Cl)c(S(=O)(=O)N2CCCCC2)c1)C(=O)OC(C)(C)C. The van der Waals surface area contributed by atoms with Crippen LogP contribution in [0, 0.1) is 0 Å². The van der Waals surface area contributed by atoms with Gasteiger partial charge >= 0.3 is 5.97 Å². The summed E-state index contributed by atoms with van der Waals surface area (Å²) < 4.78 is 39.1. The van der Waals surface area contributed by atoms with Gasteiger partial charge in [0.05, 0.1) is 16.7 Å². The molecule has 192 valence electrons. The predicted molar refractivity (Wildman–Crippen MR) is 131 cm³/mol. The Morgan fingerprint density at radius 2 is 1.62 bits per heavy atom. The van der Waals surface area contributed by atoms with E-state index in [-0.39, 0.29) is 15.5 Å². The summed E-state index contributed by atoms with van der Waals surface area (Å²) in [7, 11) is -3.85. The summed E-state index contributed by atoms with van der Waals surface area (Å²) in [5.74, 6) is -1.28. The smallest absolute Gasteiger partial charge is 0.331 e. The standard InChI is InChI=1S/C24H37ClN2O6S/c1-16(32-23(2,3)4)20(22(29)33-24(5,6)7)26-21(28)17-11-12-18(25)19(15-17)34(30,31)27-13-9-8-10-14-27/h11-12,15-16,20H,8-10,13-14H2,1-7H3,(H,26,28). The van der Waals surface area contributed by atoms with E-state index in [4.69, 9.17) is 21.1 Å². The van der Waals surface area contributed by atoms with Crippen LogP contribution >= 0.6 is 11.6 Å². The average molecular weight is 517 g/mol. The summed E-state index contributed by atoms with van der Waals surface area (Å²) in [5, 5.41) is 2.70. The Hall–Kier alpha value is -1.68. The number of amides is 1. The molecule has 1 aromatic carbocycles. The molecule has 8 nitrogen and oxygen atoms in total. The first kappa shape index (κ1) is 28.6. The average Bonchev–Trinajstić information content (AvgIpc) is 2.70. The molecule has 2 unspecified atom stereocenters. The molecule has 2 rings (SSSR count). The topological polar surface area (TPSA) is 102 Å². The molecule has 1 aromatic rings. The van der Waals surface area contributed by atoms with Gasteiger partial charge in [-0.2, -0.15) is 4.31 Å². The molecule has 2 atom stereocenters. The number of carbonyl (C=O) groups excluding carboxylic acids is 2. The van der Waals surface area contributed by atoms with Crippen LogP contribution in [-0.4, -0.2) is 61.0 Å². The molecule has 1 aliphatic heterocycles. The molecular weight excluding hydrogens is 480 g/mol. The minimum absolute atomic E-state index is 0.0373. The van der Waals surface area contributed by atoms with Crippen LogP contribution in [0.25, 0.3) is 0 Å². The van der Waals surface area contributed by atoms with Gasteiger partial charge in [-0.1, -0.05) is 18.0 Å². The summed E-state index contributed by atoms with van der Waals surface area (Å²) in [4.78, 5) is 25.9. The van der Waals surface area contributed by atoms with Crippen molar-refractivity contribution in [3.8, 4) is 0 Å². The second-order valence-corrected chi connectivity index (χ2v) is 12.8. The number of nitrogens with zero attached hydrogens (tertiary/aromatic N) is 1. The third-order valence-corrected chi connectivity index (χ3v) is 7.46. The van der Waals surface area contributed by atoms with Crippen LogP contribution in [0.2, 0.25) is 5.02 Å². The maximum atomic E-state index is 13.2. The minimum Gasteiger partial charge on any atom is -0.458 e. The first-order valence-corrected chi connectivity index (χ1v) is 13.3. The zero-order valence-electron chi connectivity index (χ0n) is 21.1. The first-order chi connectivity index (χ1) is 15.5. The quantitative estimate of drug-likeness (QED) is 0.546. The number of piperidine rings is 1. The van der Waals surface area contributed by atoms with Crippen LogP contribution in [0.5, 0.6) is 0 Å². The van der Waals surface area contributed by atoms with Gasteiger partial charge < -0.3 is 14.8 Å². The van der Waals surface area contributed by atoms with Crippen LogP contribution in [0.15, 0.2) is 23.1 Å². The molecule has 0 aliphatic carbocycles. The molecule has 34 heavy (non-hydrogen) atoms. The van der Waals surface area contributed by atoms with Crippen molar-refractivity contribution in [3.63, 3.8) is 0 Å². The zero-order valence-corrected chi connectivity index (χ0v) is 22.7. The molecule has 1 fully saturated rings. The van der Waals surface area contributed by atoms with Gasteiger partial charge in [0.1, 0.15) is 10.5 Å². The Bertz CT molecular complexity index is 992. The van der Waals surface area contributed by atoms with Crippen LogP contribution in [0.1, 0.15) is 78.1 Å². The fraction of sp³-hybridized carbons (Fsp3) is 0.667. The Morgan fingerprint density at radius 3 is 2.15 bits per heavy atom. The highest BCUT2D eigenvalue weighted by Gasteiger charge is 2.35. The highest BCUT2D eigenvalue weighted by Crippen LogP contribution is 2.28. The molecular formula is C24H37ClN2O6S. The lowest BCUT2D eigenvalue weighted by Crippen LogP contribution is -2.52. The summed E-state index contributed by atoms with van der Waals surface area (Å²) in [5.41, 5.74) is -1.27. The molecule has 1 heterocycles. The van der Waals surface area contributed by atoms with Crippen LogP contribution in [-0.2, 0) is 24.3 Å². The molecule has 0 aromatic heterocycles. The lowest BCUT2D eigenvalue weighted by molar-refractivity contribution is -0.164. The maximum absolute atomic E-state index is 13.2. The van der Waals surface area contributed by atoms with Crippen LogP contribution in [0.3, 0.4) is 0 Å². The molecule has 0 spiro atoms. The molecule has 1 aliphatic rings. The second kappa shape index (κ2) is 10.9. The van der Waals surface area contributed by atoms with Gasteiger partial charge in [-0.3, -0.25) is 4.79 Å². The normalized spacial score (nSPS) is 17.6. The van der Waals surface area contributed by atoms with Gasteiger partial charge in [0.25, 0.3) is 5.91 Å². The van der Waals surface area contributed by atoms with E-state index < -0.39 is 45.2 Å². The number of halogens is 1. The fourth-order valence-electron chi connectivity index (χ4n) is 3.67. The van der Waals surface area contributed by atoms with Crippen molar-refractivity contribution in [2.24, 2.45) is 0 Å². The Labute approximate surface area is 208 Å². The van der Waals surface area contributed by atoms with Crippen molar-refractivity contribution in [1.29, 1.82) is 0 Å². The van der Waals surface area contributed by atoms with E-state index in [1.54, 1.807) is 27.7 Å². The molecule has 1 saturated heterocycles. The number of sulfonamides is 1. The van der Waals surface area contributed by atoms with E-state index in [0.29, 0.717) is 13.1 Å². The number of hydrogen-bond acceptors (Lipinski definition) is 6. The predicted octanol–water partition coefficient (Wildman–Crippen LogP) is 4.16. The van der Waals surface area contributed by atoms with Gasteiger partial charge in [-0.25, -0.2) is 13.2 Å². The van der Waals surface area contributed by atoms with Gasteiger partial charge in [0, 0.05) is 18.7 Å². The number of hydrogen-bond donors (Lipinski definition) is 1. The van der Waals surface area contributed by atoms with E-state index in [2.05, 4.69) is 5.32 Å². The molecule has 1 amide bonds. The van der Waals surface area contributed by atoms with Crippen molar-refractivity contribution in [2.75, 3.05) is 13.1 Å². The highest BCUT2D eigenvalue weighted by atomic mass is 35.5. The van der Waals surface area contributed by atoms with Crippen molar-refractivity contribution in [3.05, 3.63) is 28.8 Å². The van der Waals surface area contributed by atoms with Crippen LogP contribution in [0.4, 0.5) is 0 Å². The summed E-state index contributed by atoms with van der Waals surface area (Å²) in [6, 6.07) is 2.95. The lowest BCUT2D eigenvalue weighted by atomic mass is 10.1. The van der Waals surface area contributed by atoms with Gasteiger partial charge in [-0.15, -0.1) is 0 Å². The molecule has 10 heteroatoms. The monoisotopic (exact) mass is 516 g/mol. The minimum atomic E-state index is -3.85. The number of esters is 1. The van der Waals surface area contributed by atoms with Crippen LogP contribution < -0.4 is 5.32 Å². The fourth-order valence-corrected chi connectivity index (χ4v) is 5.69. The summed E-state index contributed by atoms with van der Waals surface area (Å²) >= 11 is 6.22. The number of rotatable bonds is 7. The van der Waals surface area contributed by atoms with Crippen molar-refractivity contribution in [1.82, 2.24) is 9.62 Å². The summed E-state index contributed by atoms with van der Waals surface area (Å²) in [6.07, 6.45) is 1.83. The van der Waals surface area contributed by atoms with E-state index in [9.17, 15) is 18.0 Å². The van der Waals surface area contributed by atoms with Gasteiger partial charge in [0.2, 0.25) is 10.0 Å². The van der Waals surface area contributed by atoms with Crippen molar-refractivity contribution >= 4 is 33.5 Å². The number of nitrogens with one attached hydrogen (secondary N) is 1. The van der Waals surface area contributed by atoms with Crippen molar-refractivity contribution in [2.45, 2.75) is 96.0 Å². The number of carbonyl (C=O) groups is 2. The number of ether oxygens (including phenoxy) is 2. The summed E-state index contributed by atoms with van der Waals surface area (Å²) in [6.45, 7) is 13.2. The Morgan fingerprint density at radius 1 is 1.03 bits per heavy atom. The highest BCUT2D eigenvalue weighted by molar-refractivity contribution is 7.89. The van der Waals surface area contributed by atoms with E-state index in [1.807, 2.05) is 20.8 Å². The second-order valence-electron chi connectivity index (χ2n) is 10.5. The Balaban J connectivity index is 2.34. The van der Waals surface area contributed by atoms with E-state index in [1.165, 1.54) is 22.5 Å². The largest absolute Gasteiger partial charge is 0.458 e. The van der Waals surface area contributed by atoms with Crippen molar-refractivity contribution < 1.29 is 27.5 Å². The Kier molecular flexibility index (Phi) is 9.18. The third-order valence-electron chi connectivity index (χ3n) is 5.08. The van der Waals surface area contributed by atoms with Gasteiger partial charge in [0.15, 0.2) is 6.04 Å².